The van der Waals surface area contributed by atoms with Crippen LogP contribution in [0.15, 0.2) is 71.6 Å². The number of halogens is 2. The molecule has 8 heteroatoms. The molecule has 4 rings (SSSR count). The first-order valence-electron chi connectivity index (χ1n) is 9.32. The summed E-state index contributed by atoms with van der Waals surface area (Å²) in [6.07, 6.45) is 1.30. The van der Waals surface area contributed by atoms with Crippen LogP contribution < -0.4 is 9.62 Å². The fourth-order valence-corrected chi connectivity index (χ4v) is 4.54. The molecule has 0 saturated heterocycles. The summed E-state index contributed by atoms with van der Waals surface area (Å²) in [6, 6.07) is 14.9. The average Bonchev–Trinajstić information content (AvgIpc) is 2.74. The van der Waals surface area contributed by atoms with Gasteiger partial charge in [0.15, 0.2) is 0 Å². The summed E-state index contributed by atoms with van der Waals surface area (Å²) in [7, 11) is -3.87. The van der Waals surface area contributed by atoms with Crippen LogP contribution >= 0.6 is 0 Å². The quantitative estimate of drug-likeness (QED) is 0.672. The standard InChI is InChI=1S/C22H18F2N2O3S/c23-17-5-3-15(4-6-17)22(27)26-13-1-2-16-14-20(11-12-21(16)26)30(28,29)25-19-9-7-18(24)8-10-19/h3-12,14,25H,1-2,13H2. The van der Waals surface area contributed by atoms with E-state index in [0.717, 1.165) is 5.56 Å². The number of carbonyl (C=O) groups is 1. The van der Waals surface area contributed by atoms with Crippen molar-refractivity contribution in [1.29, 1.82) is 0 Å². The molecule has 1 aliphatic heterocycles. The zero-order chi connectivity index (χ0) is 21.3. The van der Waals surface area contributed by atoms with E-state index in [1.54, 1.807) is 17.0 Å². The Hall–Kier alpha value is -3.26. The van der Waals surface area contributed by atoms with Crippen molar-refractivity contribution in [2.45, 2.75) is 17.7 Å². The number of benzene rings is 3. The first-order chi connectivity index (χ1) is 14.3. The van der Waals surface area contributed by atoms with Crippen LogP contribution in [0.3, 0.4) is 0 Å². The summed E-state index contributed by atoms with van der Waals surface area (Å²) in [5.41, 5.74) is 1.98. The number of nitrogens with one attached hydrogen (secondary N) is 1. The predicted octanol–water partition coefficient (Wildman–Crippen LogP) is 4.36. The minimum atomic E-state index is -3.87. The van der Waals surface area contributed by atoms with Crippen molar-refractivity contribution in [2.24, 2.45) is 0 Å². The van der Waals surface area contributed by atoms with Gasteiger partial charge in [-0.3, -0.25) is 9.52 Å². The van der Waals surface area contributed by atoms with Gasteiger partial charge in [-0.1, -0.05) is 0 Å². The minimum Gasteiger partial charge on any atom is -0.308 e. The van der Waals surface area contributed by atoms with Crippen LogP contribution in [0.25, 0.3) is 0 Å². The van der Waals surface area contributed by atoms with Crippen LogP contribution in [0.4, 0.5) is 20.2 Å². The molecule has 1 heterocycles. The maximum atomic E-state index is 13.2. The number of rotatable bonds is 4. The van der Waals surface area contributed by atoms with Gasteiger partial charge in [-0.05, 0) is 85.1 Å². The smallest absolute Gasteiger partial charge is 0.261 e. The molecule has 0 saturated carbocycles. The molecule has 0 spiro atoms. The van der Waals surface area contributed by atoms with E-state index in [-0.39, 0.29) is 16.5 Å². The zero-order valence-electron chi connectivity index (χ0n) is 15.8. The average molecular weight is 428 g/mol. The number of hydrogen-bond acceptors (Lipinski definition) is 3. The van der Waals surface area contributed by atoms with Gasteiger partial charge in [0, 0.05) is 23.5 Å². The third-order valence-corrected chi connectivity index (χ3v) is 6.29. The van der Waals surface area contributed by atoms with Gasteiger partial charge in [0.25, 0.3) is 15.9 Å². The molecule has 0 aliphatic carbocycles. The van der Waals surface area contributed by atoms with Crippen molar-refractivity contribution in [1.82, 2.24) is 0 Å². The molecule has 0 unspecified atom stereocenters. The highest BCUT2D eigenvalue weighted by atomic mass is 32.2. The fourth-order valence-electron chi connectivity index (χ4n) is 3.43. The lowest BCUT2D eigenvalue weighted by molar-refractivity contribution is 0.0985. The van der Waals surface area contributed by atoms with Crippen molar-refractivity contribution in [3.05, 3.63) is 89.5 Å². The number of hydrogen-bond donors (Lipinski definition) is 1. The van der Waals surface area contributed by atoms with Crippen molar-refractivity contribution in [3.8, 4) is 0 Å². The molecule has 0 bridgehead atoms. The molecule has 0 fully saturated rings. The van der Waals surface area contributed by atoms with Crippen LogP contribution in [0.2, 0.25) is 0 Å². The molecule has 30 heavy (non-hydrogen) atoms. The van der Waals surface area contributed by atoms with Crippen molar-refractivity contribution in [2.75, 3.05) is 16.2 Å². The lowest BCUT2D eigenvalue weighted by atomic mass is 10.0. The number of amides is 1. The Labute approximate surface area is 173 Å². The van der Waals surface area contributed by atoms with E-state index >= 15 is 0 Å². The number of carbonyl (C=O) groups excluding carboxylic acids is 1. The number of anilines is 2. The zero-order valence-corrected chi connectivity index (χ0v) is 16.6. The summed E-state index contributed by atoms with van der Waals surface area (Å²) in [5.74, 6) is -1.15. The van der Waals surface area contributed by atoms with Gasteiger partial charge in [0.2, 0.25) is 0 Å². The maximum absolute atomic E-state index is 13.2. The summed E-state index contributed by atoms with van der Waals surface area (Å²) in [4.78, 5) is 14.5. The van der Waals surface area contributed by atoms with Crippen molar-refractivity contribution >= 4 is 27.3 Å². The van der Waals surface area contributed by atoms with Gasteiger partial charge >= 0.3 is 0 Å². The second kappa shape index (κ2) is 7.87. The Kier molecular flexibility index (Phi) is 5.26. The van der Waals surface area contributed by atoms with E-state index in [4.69, 9.17) is 0 Å². The molecular formula is C22H18F2N2O3S. The first kappa shape index (κ1) is 20.0. The number of nitrogens with zero attached hydrogens (tertiary/aromatic N) is 1. The molecule has 1 aliphatic rings. The van der Waals surface area contributed by atoms with Crippen LogP contribution in [0.5, 0.6) is 0 Å². The molecule has 3 aromatic carbocycles. The molecule has 0 radical (unpaired) electrons. The van der Waals surface area contributed by atoms with E-state index in [1.165, 1.54) is 54.6 Å². The number of fused-ring (bicyclic) bond motifs is 1. The highest BCUT2D eigenvalue weighted by molar-refractivity contribution is 7.92. The van der Waals surface area contributed by atoms with Crippen LogP contribution in [0, 0.1) is 11.6 Å². The van der Waals surface area contributed by atoms with Gasteiger partial charge in [0.1, 0.15) is 11.6 Å². The van der Waals surface area contributed by atoms with Gasteiger partial charge in [-0.15, -0.1) is 0 Å². The van der Waals surface area contributed by atoms with Crippen molar-refractivity contribution < 1.29 is 22.0 Å². The molecular weight excluding hydrogens is 410 g/mol. The van der Waals surface area contributed by atoms with E-state index in [2.05, 4.69) is 4.72 Å². The Balaban J connectivity index is 1.62. The van der Waals surface area contributed by atoms with Gasteiger partial charge in [-0.2, -0.15) is 0 Å². The highest BCUT2D eigenvalue weighted by Gasteiger charge is 2.25. The van der Waals surface area contributed by atoms with Gasteiger partial charge < -0.3 is 4.90 Å². The fraction of sp³-hybridized carbons (Fsp3) is 0.136. The van der Waals surface area contributed by atoms with E-state index < -0.39 is 21.7 Å². The summed E-state index contributed by atoms with van der Waals surface area (Å²) in [5, 5.41) is 0. The van der Waals surface area contributed by atoms with Crippen LogP contribution in [-0.4, -0.2) is 20.9 Å². The molecule has 5 nitrogen and oxygen atoms in total. The van der Waals surface area contributed by atoms with Gasteiger partial charge in [-0.25, -0.2) is 17.2 Å². The van der Waals surface area contributed by atoms with Crippen LogP contribution in [0.1, 0.15) is 22.3 Å². The maximum Gasteiger partial charge on any atom is 0.261 e. The molecule has 0 atom stereocenters. The third-order valence-electron chi connectivity index (χ3n) is 4.91. The second-order valence-electron chi connectivity index (χ2n) is 6.97. The van der Waals surface area contributed by atoms with E-state index in [0.29, 0.717) is 30.6 Å². The normalized spacial score (nSPS) is 13.6. The number of sulfonamides is 1. The highest BCUT2D eigenvalue weighted by Crippen LogP contribution is 2.31. The summed E-state index contributed by atoms with van der Waals surface area (Å²) < 4.78 is 54.1. The van der Waals surface area contributed by atoms with E-state index in [9.17, 15) is 22.0 Å². The Morgan fingerprint density at radius 1 is 0.900 bits per heavy atom. The monoisotopic (exact) mass is 428 g/mol. The van der Waals surface area contributed by atoms with Gasteiger partial charge in [0.05, 0.1) is 4.90 Å². The summed E-state index contributed by atoms with van der Waals surface area (Å²) in [6.45, 7) is 0.489. The molecule has 1 amide bonds. The van der Waals surface area contributed by atoms with E-state index in [1.807, 2.05) is 0 Å². The topological polar surface area (TPSA) is 66.5 Å². The lowest BCUT2D eigenvalue weighted by Gasteiger charge is -2.30. The Bertz CT molecular complexity index is 1190. The Morgan fingerprint density at radius 2 is 1.53 bits per heavy atom. The second-order valence-corrected chi connectivity index (χ2v) is 8.65. The molecule has 0 aromatic heterocycles. The predicted molar refractivity (Wildman–Crippen MR) is 110 cm³/mol. The molecule has 1 N–H and O–H groups in total. The largest absolute Gasteiger partial charge is 0.308 e. The van der Waals surface area contributed by atoms with Crippen molar-refractivity contribution in [3.63, 3.8) is 0 Å². The third kappa shape index (κ3) is 4.04. The molecule has 154 valence electrons. The molecule has 3 aromatic rings. The first-order valence-corrected chi connectivity index (χ1v) is 10.8. The Morgan fingerprint density at radius 3 is 2.20 bits per heavy atom. The number of aryl methyl sites for hydroxylation is 1. The van der Waals surface area contributed by atoms with Crippen LogP contribution in [-0.2, 0) is 16.4 Å². The minimum absolute atomic E-state index is 0.0571. The summed E-state index contributed by atoms with van der Waals surface area (Å²) >= 11 is 0. The SMILES string of the molecule is O=C(c1ccc(F)cc1)N1CCCc2cc(S(=O)(=O)Nc3ccc(F)cc3)ccc21. The lowest BCUT2D eigenvalue weighted by Crippen LogP contribution is -2.35.